The number of carbonyl (C=O) groups is 1. The lowest BCUT2D eigenvalue weighted by Crippen LogP contribution is -2.43. The van der Waals surface area contributed by atoms with Crippen molar-refractivity contribution in [2.75, 3.05) is 50.4 Å². The molecule has 8 heteroatoms. The maximum Gasteiger partial charge on any atom is 0.323 e. The topological polar surface area (TPSA) is 77.3 Å². The number of pyridine rings is 1. The Labute approximate surface area is 189 Å². The van der Waals surface area contributed by atoms with Gasteiger partial charge in [0.05, 0.1) is 5.69 Å². The number of benzene rings is 1. The van der Waals surface area contributed by atoms with Crippen molar-refractivity contribution in [2.24, 2.45) is 4.99 Å². The van der Waals surface area contributed by atoms with Crippen molar-refractivity contribution in [3.05, 3.63) is 59.5 Å². The first-order valence-electron chi connectivity index (χ1n) is 11.1. The van der Waals surface area contributed by atoms with Crippen LogP contribution in [0.5, 0.6) is 0 Å². The molecule has 2 amide bonds. The summed E-state index contributed by atoms with van der Waals surface area (Å²) in [5.74, 6) is 0. The van der Waals surface area contributed by atoms with Gasteiger partial charge in [0.1, 0.15) is 0 Å². The lowest BCUT2D eigenvalue weighted by Gasteiger charge is -2.32. The van der Waals surface area contributed by atoms with Crippen LogP contribution < -0.4 is 10.6 Å². The highest BCUT2D eigenvalue weighted by Crippen LogP contribution is 2.20. The van der Waals surface area contributed by atoms with Crippen LogP contribution in [0, 0.1) is 6.92 Å². The number of aryl methyl sites for hydroxylation is 1. The number of imidazole rings is 1. The zero-order chi connectivity index (χ0) is 22.5. The monoisotopic (exact) mass is 433 g/mol. The maximum absolute atomic E-state index is 12.8. The molecule has 2 aromatic heterocycles. The molecule has 3 aromatic rings. The van der Waals surface area contributed by atoms with Gasteiger partial charge in [0.25, 0.3) is 0 Å². The third kappa shape index (κ3) is 5.33. The molecule has 1 fully saturated rings. The molecule has 0 radical (unpaired) electrons. The van der Waals surface area contributed by atoms with Crippen molar-refractivity contribution in [2.45, 2.75) is 20.4 Å². The van der Waals surface area contributed by atoms with E-state index in [0.29, 0.717) is 5.69 Å². The minimum atomic E-state index is -0.297. The van der Waals surface area contributed by atoms with Crippen LogP contribution in [0.2, 0.25) is 0 Å². The average molecular weight is 434 g/mol. The molecule has 1 aromatic carbocycles. The van der Waals surface area contributed by atoms with Crippen LogP contribution in [0.15, 0.2) is 47.7 Å². The molecule has 4 rings (SSSR count). The second kappa shape index (κ2) is 9.93. The van der Waals surface area contributed by atoms with Gasteiger partial charge < -0.3 is 19.9 Å². The summed E-state index contributed by atoms with van der Waals surface area (Å²) in [5, 5.41) is 5.92. The summed E-state index contributed by atoms with van der Waals surface area (Å²) in [6, 6.07) is 9.68. The van der Waals surface area contributed by atoms with Gasteiger partial charge in [0.15, 0.2) is 5.65 Å². The molecule has 1 aliphatic heterocycles. The van der Waals surface area contributed by atoms with Crippen LogP contribution in [-0.2, 0) is 6.54 Å². The number of aromatic nitrogens is 2. The molecular formula is C24H31N7O. The number of carbonyl (C=O) groups excluding carboxylic acids is 1. The van der Waals surface area contributed by atoms with Crippen molar-refractivity contribution in [1.29, 1.82) is 0 Å². The third-order valence-corrected chi connectivity index (χ3v) is 5.70. The lowest BCUT2D eigenvalue weighted by atomic mass is 10.1. The number of piperazine rings is 1. The van der Waals surface area contributed by atoms with Gasteiger partial charge in [0.2, 0.25) is 0 Å². The van der Waals surface area contributed by atoms with E-state index in [1.807, 2.05) is 54.9 Å². The molecule has 0 aliphatic carbocycles. The second-order valence-corrected chi connectivity index (χ2v) is 8.26. The van der Waals surface area contributed by atoms with Gasteiger partial charge in [-0.15, -0.1) is 0 Å². The molecule has 0 bridgehead atoms. The number of likely N-dealkylation sites (N-methyl/N-ethyl adjacent to an activating group) is 1. The molecule has 0 atom stereocenters. The van der Waals surface area contributed by atoms with Crippen LogP contribution in [0.4, 0.5) is 16.2 Å². The van der Waals surface area contributed by atoms with Gasteiger partial charge >= 0.3 is 6.03 Å². The summed E-state index contributed by atoms with van der Waals surface area (Å²) in [7, 11) is 2.16. The fourth-order valence-electron chi connectivity index (χ4n) is 3.95. The fourth-order valence-corrected chi connectivity index (χ4v) is 3.95. The highest BCUT2D eigenvalue weighted by molar-refractivity contribution is 6.02. The summed E-state index contributed by atoms with van der Waals surface area (Å²) >= 11 is 0. The van der Waals surface area contributed by atoms with Crippen LogP contribution in [-0.4, -0.2) is 71.2 Å². The number of hydrogen-bond donors (Lipinski definition) is 2. The van der Waals surface area contributed by atoms with E-state index in [1.54, 1.807) is 6.20 Å². The smallest absolute Gasteiger partial charge is 0.308 e. The first-order chi connectivity index (χ1) is 15.5. The number of aliphatic imine (C=N–C) groups is 1. The number of nitrogens with one attached hydrogen (secondary N) is 2. The number of rotatable bonds is 6. The second-order valence-electron chi connectivity index (χ2n) is 8.26. The molecular weight excluding hydrogens is 402 g/mol. The van der Waals surface area contributed by atoms with Gasteiger partial charge in [0, 0.05) is 69.3 Å². The van der Waals surface area contributed by atoms with E-state index >= 15 is 0 Å². The van der Waals surface area contributed by atoms with E-state index in [0.717, 1.165) is 67.4 Å². The highest BCUT2D eigenvalue weighted by atomic mass is 16.2. The lowest BCUT2D eigenvalue weighted by molar-refractivity contribution is 0.148. The molecule has 168 valence electrons. The van der Waals surface area contributed by atoms with E-state index in [-0.39, 0.29) is 6.03 Å². The Balaban J connectivity index is 1.50. The van der Waals surface area contributed by atoms with Crippen molar-refractivity contribution in [3.63, 3.8) is 0 Å². The minimum absolute atomic E-state index is 0.297. The maximum atomic E-state index is 12.8. The molecule has 3 heterocycles. The Morgan fingerprint density at radius 2 is 1.97 bits per heavy atom. The molecule has 0 spiro atoms. The number of nitrogens with zero attached hydrogens (tertiary/aromatic N) is 5. The first kappa shape index (κ1) is 22.0. The van der Waals surface area contributed by atoms with E-state index in [9.17, 15) is 4.79 Å². The molecule has 32 heavy (non-hydrogen) atoms. The molecule has 0 unspecified atom stereocenters. The molecule has 0 saturated carbocycles. The number of anilines is 2. The van der Waals surface area contributed by atoms with Crippen LogP contribution >= 0.6 is 0 Å². The standard InChI is InChI=1S/C24H31N7O/c1-4-25-16-19-13-20(17-30-11-9-29(3)10-12-30)15-21(14-19)27-24(32)28-22-6-5-18(2)31-8-7-26-23(22)31/h5-8,13-16H,4,9-12,17H2,1-3H3,(H2,27,28,32). The van der Waals surface area contributed by atoms with Crippen molar-refractivity contribution in [1.82, 2.24) is 19.2 Å². The zero-order valence-electron chi connectivity index (χ0n) is 19.0. The van der Waals surface area contributed by atoms with E-state index in [4.69, 9.17) is 0 Å². The number of hydrogen-bond acceptors (Lipinski definition) is 5. The van der Waals surface area contributed by atoms with Crippen LogP contribution in [0.25, 0.3) is 5.65 Å². The van der Waals surface area contributed by atoms with Crippen LogP contribution in [0.3, 0.4) is 0 Å². The third-order valence-electron chi connectivity index (χ3n) is 5.70. The zero-order valence-corrected chi connectivity index (χ0v) is 19.0. The number of fused-ring (bicyclic) bond motifs is 1. The van der Waals surface area contributed by atoms with Crippen molar-refractivity contribution < 1.29 is 4.79 Å². The van der Waals surface area contributed by atoms with Gasteiger partial charge in [-0.2, -0.15) is 0 Å². The highest BCUT2D eigenvalue weighted by Gasteiger charge is 2.15. The van der Waals surface area contributed by atoms with Crippen molar-refractivity contribution in [3.8, 4) is 0 Å². The van der Waals surface area contributed by atoms with E-state index in [2.05, 4.69) is 43.5 Å². The molecule has 1 saturated heterocycles. The number of amides is 2. The largest absolute Gasteiger partial charge is 0.323 e. The van der Waals surface area contributed by atoms with Crippen molar-refractivity contribution >= 4 is 29.3 Å². The first-order valence-corrected chi connectivity index (χ1v) is 11.1. The summed E-state index contributed by atoms with van der Waals surface area (Å²) < 4.78 is 1.95. The van der Waals surface area contributed by atoms with Gasteiger partial charge in [-0.25, -0.2) is 9.78 Å². The average Bonchev–Trinajstić information content (AvgIpc) is 3.27. The SMILES string of the molecule is CCN=Cc1cc(CN2CCN(C)CC2)cc(NC(=O)Nc2ccc(C)n3ccnc23)c1. The molecule has 8 nitrogen and oxygen atoms in total. The Kier molecular flexibility index (Phi) is 6.82. The van der Waals surface area contributed by atoms with E-state index < -0.39 is 0 Å². The Morgan fingerprint density at radius 1 is 1.16 bits per heavy atom. The molecule has 1 aliphatic rings. The quantitative estimate of drug-likeness (QED) is 0.584. The predicted octanol–water partition coefficient (Wildman–Crippen LogP) is 3.47. The Bertz CT molecular complexity index is 1110. The normalized spacial score (nSPS) is 15.5. The summed E-state index contributed by atoms with van der Waals surface area (Å²) in [6.45, 7) is 9.82. The number of urea groups is 1. The van der Waals surface area contributed by atoms with Crippen LogP contribution in [0.1, 0.15) is 23.7 Å². The van der Waals surface area contributed by atoms with E-state index in [1.165, 1.54) is 0 Å². The Hall–Kier alpha value is -3.23. The minimum Gasteiger partial charge on any atom is -0.308 e. The summed E-state index contributed by atoms with van der Waals surface area (Å²) in [4.78, 5) is 26.3. The van der Waals surface area contributed by atoms with Gasteiger partial charge in [-0.3, -0.25) is 9.89 Å². The molecule has 2 N–H and O–H groups in total. The summed E-state index contributed by atoms with van der Waals surface area (Å²) in [6.07, 6.45) is 5.48. The fraction of sp³-hybridized carbons (Fsp3) is 0.375. The van der Waals surface area contributed by atoms with Gasteiger partial charge in [-0.1, -0.05) is 0 Å². The Morgan fingerprint density at radius 3 is 2.75 bits per heavy atom. The predicted molar refractivity (Wildman–Crippen MR) is 130 cm³/mol. The van der Waals surface area contributed by atoms with Gasteiger partial charge in [-0.05, 0) is 62.4 Å². The summed E-state index contributed by atoms with van der Waals surface area (Å²) in [5.41, 5.74) is 5.34.